The Kier molecular flexibility index (Phi) is 3.80. The van der Waals surface area contributed by atoms with Crippen molar-refractivity contribution in [1.29, 1.82) is 0 Å². The van der Waals surface area contributed by atoms with Gasteiger partial charge >= 0.3 is 7.12 Å². The number of nitrogens with zero attached hydrogens (tertiary/aromatic N) is 1. The van der Waals surface area contributed by atoms with Crippen molar-refractivity contribution in [2.24, 2.45) is 0 Å². The molecule has 4 nitrogen and oxygen atoms in total. The number of rotatable bonds is 3. The number of hydrogen-bond acceptors (Lipinski definition) is 3. The molecule has 1 aliphatic carbocycles. The number of benzene rings is 1. The fourth-order valence-electron chi connectivity index (χ4n) is 2.68. The van der Waals surface area contributed by atoms with Crippen LogP contribution in [0.4, 0.5) is 4.39 Å². The van der Waals surface area contributed by atoms with Crippen LogP contribution >= 0.6 is 0 Å². The van der Waals surface area contributed by atoms with Crippen LogP contribution in [0.3, 0.4) is 0 Å². The Balaban J connectivity index is 1.88. The molecular weight excluding hydrogens is 296 g/mol. The van der Waals surface area contributed by atoms with Gasteiger partial charge in [-0.1, -0.05) is 0 Å². The Bertz CT molecular complexity index is 627. The molecule has 0 radical (unpaired) electrons. The highest BCUT2D eigenvalue weighted by atomic mass is 19.1. The number of halogens is 1. The summed E-state index contributed by atoms with van der Waals surface area (Å²) in [5.74, 6) is -0.616. The van der Waals surface area contributed by atoms with Gasteiger partial charge in [0.15, 0.2) is 0 Å². The van der Waals surface area contributed by atoms with Gasteiger partial charge in [-0.15, -0.1) is 0 Å². The summed E-state index contributed by atoms with van der Waals surface area (Å²) in [6.45, 7) is 7.77. The van der Waals surface area contributed by atoms with E-state index in [0.717, 1.165) is 12.8 Å². The van der Waals surface area contributed by atoms with Crippen molar-refractivity contribution in [3.63, 3.8) is 0 Å². The van der Waals surface area contributed by atoms with Crippen LogP contribution in [-0.4, -0.2) is 42.2 Å². The lowest BCUT2D eigenvalue weighted by Gasteiger charge is -2.32. The molecule has 1 amide bonds. The Hall–Kier alpha value is -1.40. The van der Waals surface area contributed by atoms with Crippen LogP contribution in [0.2, 0.25) is 0 Å². The zero-order valence-electron chi connectivity index (χ0n) is 14.4. The van der Waals surface area contributed by atoms with E-state index in [1.807, 2.05) is 27.7 Å². The third-order valence-corrected chi connectivity index (χ3v) is 5.11. The standard InChI is InChI=1S/C17H23BFNO3/c1-16(2)17(3,4)23-18(22-16)12-8-11(9-13(19)10-12)15(21)20(5)14-6-7-14/h8-10,14H,6-7H2,1-5H3. The summed E-state index contributed by atoms with van der Waals surface area (Å²) in [4.78, 5) is 14.2. The molecule has 23 heavy (non-hydrogen) atoms. The average Bonchev–Trinajstić information content (AvgIpc) is 3.25. The highest BCUT2D eigenvalue weighted by Gasteiger charge is 2.51. The van der Waals surface area contributed by atoms with Gasteiger partial charge in [0.1, 0.15) is 5.82 Å². The molecule has 0 bridgehead atoms. The molecule has 124 valence electrons. The van der Waals surface area contributed by atoms with Crippen molar-refractivity contribution in [3.05, 3.63) is 29.6 Å². The van der Waals surface area contributed by atoms with Crippen LogP contribution in [0.25, 0.3) is 0 Å². The monoisotopic (exact) mass is 319 g/mol. The Morgan fingerprint density at radius 2 is 1.74 bits per heavy atom. The molecule has 2 aliphatic rings. The van der Waals surface area contributed by atoms with Crippen LogP contribution < -0.4 is 5.46 Å². The quantitative estimate of drug-likeness (QED) is 0.803. The van der Waals surface area contributed by atoms with Crippen molar-refractivity contribution in [3.8, 4) is 0 Å². The predicted molar refractivity (Wildman–Crippen MR) is 87.2 cm³/mol. The van der Waals surface area contributed by atoms with Crippen molar-refractivity contribution < 1.29 is 18.5 Å². The molecule has 1 aromatic rings. The Labute approximate surface area is 137 Å². The first kappa shape index (κ1) is 16.5. The SMILES string of the molecule is CN(C(=O)c1cc(F)cc(B2OC(C)(C)C(C)(C)O2)c1)C1CC1. The summed E-state index contributed by atoms with van der Waals surface area (Å²) in [5.41, 5.74) is -0.127. The third-order valence-electron chi connectivity index (χ3n) is 5.11. The molecule has 1 heterocycles. The van der Waals surface area contributed by atoms with E-state index in [2.05, 4.69) is 0 Å². The largest absolute Gasteiger partial charge is 0.494 e. The second-order valence-electron chi connectivity index (χ2n) is 7.51. The first-order chi connectivity index (χ1) is 10.6. The number of carbonyl (C=O) groups excluding carboxylic acids is 1. The van der Waals surface area contributed by atoms with Gasteiger partial charge in [-0.3, -0.25) is 4.79 Å². The van der Waals surface area contributed by atoms with E-state index in [-0.39, 0.29) is 11.9 Å². The third kappa shape index (κ3) is 3.02. The maximum Gasteiger partial charge on any atom is 0.494 e. The molecule has 1 aliphatic heterocycles. The van der Waals surface area contributed by atoms with Gasteiger partial charge in [0.25, 0.3) is 5.91 Å². The van der Waals surface area contributed by atoms with Crippen molar-refractivity contribution in [1.82, 2.24) is 4.90 Å². The van der Waals surface area contributed by atoms with Crippen molar-refractivity contribution >= 4 is 18.5 Å². The van der Waals surface area contributed by atoms with Gasteiger partial charge in [-0.05, 0) is 64.2 Å². The van der Waals surface area contributed by atoms with E-state index in [9.17, 15) is 9.18 Å². The van der Waals surface area contributed by atoms with Crippen LogP contribution in [0, 0.1) is 5.82 Å². The Morgan fingerprint density at radius 3 is 2.26 bits per heavy atom. The van der Waals surface area contributed by atoms with Gasteiger partial charge in [0.2, 0.25) is 0 Å². The second-order valence-corrected chi connectivity index (χ2v) is 7.51. The molecule has 2 fully saturated rings. The Morgan fingerprint density at radius 1 is 1.17 bits per heavy atom. The molecule has 6 heteroatoms. The fourth-order valence-corrected chi connectivity index (χ4v) is 2.68. The van der Waals surface area contributed by atoms with Crippen LogP contribution in [0.1, 0.15) is 50.9 Å². The van der Waals surface area contributed by atoms with Crippen molar-refractivity contribution in [2.45, 2.75) is 57.8 Å². The molecule has 3 rings (SSSR count). The van der Waals surface area contributed by atoms with E-state index in [1.54, 1.807) is 18.0 Å². The lowest BCUT2D eigenvalue weighted by molar-refractivity contribution is 0.00578. The minimum atomic E-state index is -0.673. The number of hydrogen-bond donors (Lipinski definition) is 0. The molecular formula is C17H23BFNO3. The fraction of sp³-hybridized carbons (Fsp3) is 0.588. The first-order valence-electron chi connectivity index (χ1n) is 8.04. The summed E-state index contributed by atoms with van der Waals surface area (Å²) >= 11 is 0. The smallest absolute Gasteiger partial charge is 0.399 e. The molecule has 1 saturated carbocycles. The summed E-state index contributed by atoms with van der Waals surface area (Å²) in [7, 11) is 1.09. The van der Waals surface area contributed by atoms with E-state index in [1.165, 1.54) is 12.1 Å². The van der Waals surface area contributed by atoms with Gasteiger partial charge in [-0.2, -0.15) is 0 Å². The zero-order valence-corrected chi connectivity index (χ0v) is 14.4. The molecule has 1 aromatic carbocycles. The summed E-state index contributed by atoms with van der Waals surface area (Å²) < 4.78 is 25.9. The van der Waals surface area contributed by atoms with Gasteiger partial charge in [-0.25, -0.2) is 4.39 Å². The minimum Gasteiger partial charge on any atom is -0.399 e. The van der Waals surface area contributed by atoms with Gasteiger partial charge in [0, 0.05) is 18.7 Å². The summed E-state index contributed by atoms with van der Waals surface area (Å²) in [6.07, 6.45) is 2.03. The molecule has 0 spiro atoms. The van der Waals surface area contributed by atoms with E-state index in [4.69, 9.17) is 9.31 Å². The second kappa shape index (κ2) is 5.31. The molecule has 0 unspecified atom stereocenters. The lowest BCUT2D eigenvalue weighted by atomic mass is 9.78. The maximum atomic E-state index is 14.0. The predicted octanol–water partition coefficient (Wildman–Crippen LogP) is 2.36. The number of amides is 1. The summed E-state index contributed by atoms with van der Waals surface area (Å²) in [6, 6.07) is 4.60. The summed E-state index contributed by atoms with van der Waals surface area (Å²) in [5, 5.41) is 0. The lowest BCUT2D eigenvalue weighted by Crippen LogP contribution is -2.41. The van der Waals surface area contributed by atoms with Gasteiger partial charge in [0.05, 0.1) is 11.2 Å². The van der Waals surface area contributed by atoms with E-state index >= 15 is 0 Å². The molecule has 0 atom stereocenters. The van der Waals surface area contributed by atoms with E-state index in [0.29, 0.717) is 11.0 Å². The van der Waals surface area contributed by atoms with E-state index < -0.39 is 24.1 Å². The topological polar surface area (TPSA) is 38.8 Å². The first-order valence-corrected chi connectivity index (χ1v) is 8.04. The normalized spacial score (nSPS) is 22.3. The maximum absolute atomic E-state index is 14.0. The van der Waals surface area contributed by atoms with Crippen molar-refractivity contribution in [2.75, 3.05) is 7.05 Å². The number of carbonyl (C=O) groups is 1. The van der Waals surface area contributed by atoms with Gasteiger partial charge < -0.3 is 14.2 Å². The highest BCUT2D eigenvalue weighted by Crippen LogP contribution is 2.36. The van der Waals surface area contributed by atoms with Crippen LogP contribution in [0.5, 0.6) is 0 Å². The molecule has 1 saturated heterocycles. The molecule has 0 N–H and O–H groups in total. The molecule has 0 aromatic heterocycles. The highest BCUT2D eigenvalue weighted by molar-refractivity contribution is 6.62. The zero-order chi connectivity index (χ0) is 17.0. The minimum absolute atomic E-state index is 0.162. The van der Waals surface area contributed by atoms with Crippen LogP contribution in [0.15, 0.2) is 18.2 Å². The van der Waals surface area contributed by atoms with Crippen LogP contribution in [-0.2, 0) is 9.31 Å². The average molecular weight is 319 g/mol.